The summed E-state index contributed by atoms with van der Waals surface area (Å²) >= 11 is 0. The van der Waals surface area contributed by atoms with Crippen LogP contribution in [0.25, 0.3) is 0 Å². The molecule has 1 aliphatic rings. The number of hydrogen-bond acceptors (Lipinski definition) is 1. The van der Waals surface area contributed by atoms with Crippen LogP contribution in [-0.2, 0) is 0 Å². The standard InChI is InChI=1S/C7H12.H3N.H2O/c1-2-4-6-7-5-3-1;;/h1-2H,3-7H2;1H3;1H2. The van der Waals surface area contributed by atoms with Gasteiger partial charge >= 0.3 is 0 Å². The maximum atomic E-state index is 2.30. The Balaban J connectivity index is 0. The van der Waals surface area contributed by atoms with Gasteiger partial charge < -0.3 is 11.6 Å². The fourth-order valence-corrected chi connectivity index (χ4v) is 0.937. The second-order valence-corrected chi connectivity index (χ2v) is 2.11. The first-order valence-corrected chi connectivity index (χ1v) is 3.15. The molecular formula is C7H17NO. The molecule has 0 heterocycles. The smallest absolute Gasteiger partial charge is 0.0351 e. The van der Waals surface area contributed by atoms with Crippen molar-refractivity contribution in [1.82, 2.24) is 6.15 Å². The molecule has 5 N–H and O–H groups in total. The van der Waals surface area contributed by atoms with Crippen LogP contribution < -0.4 is 6.15 Å². The van der Waals surface area contributed by atoms with Crippen LogP contribution in [0, 0.1) is 0 Å². The van der Waals surface area contributed by atoms with Gasteiger partial charge in [0.15, 0.2) is 0 Å². The molecule has 0 bridgehead atoms. The highest BCUT2D eigenvalue weighted by molar-refractivity contribution is 4.83. The van der Waals surface area contributed by atoms with E-state index in [1.165, 1.54) is 32.1 Å². The molecule has 0 unspecified atom stereocenters. The predicted octanol–water partition coefficient (Wildman–Crippen LogP) is 1.84. The molecule has 0 aromatic rings. The van der Waals surface area contributed by atoms with E-state index in [1.807, 2.05) is 0 Å². The maximum absolute atomic E-state index is 2.30. The van der Waals surface area contributed by atoms with Crippen LogP contribution >= 0.6 is 0 Å². The average molecular weight is 131 g/mol. The van der Waals surface area contributed by atoms with Gasteiger partial charge in [0.1, 0.15) is 0 Å². The van der Waals surface area contributed by atoms with E-state index in [2.05, 4.69) is 12.2 Å². The van der Waals surface area contributed by atoms with Crippen molar-refractivity contribution in [2.24, 2.45) is 0 Å². The first-order valence-electron chi connectivity index (χ1n) is 3.15. The molecule has 0 radical (unpaired) electrons. The zero-order valence-corrected chi connectivity index (χ0v) is 5.90. The van der Waals surface area contributed by atoms with Gasteiger partial charge in [0.05, 0.1) is 0 Å². The summed E-state index contributed by atoms with van der Waals surface area (Å²) in [6, 6.07) is 0. The van der Waals surface area contributed by atoms with Crippen LogP contribution in [0.5, 0.6) is 0 Å². The second kappa shape index (κ2) is 7.66. The van der Waals surface area contributed by atoms with Gasteiger partial charge in [-0.1, -0.05) is 18.6 Å². The lowest BCUT2D eigenvalue weighted by Gasteiger charge is -1.86. The van der Waals surface area contributed by atoms with Crippen LogP contribution in [0.15, 0.2) is 12.2 Å². The second-order valence-electron chi connectivity index (χ2n) is 2.11. The quantitative estimate of drug-likeness (QED) is 0.501. The first-order chi connectivity index (χ1) is 3.50. The Morgan fingerprint density at radius 3 is 1.67 bits per heavy atom. The minimum absolute atomic E-state index is 0. The van der Waals surface area contributed by atoms with E-state index in [4.69, 9.17) is 0 Å². The van der Waals surface area contributed by atoms with Gasteiger partial charge in [0.2, 0.25) is 0 Å². The van der Waals surface area contributed by atoms with Gasteiger partial charge in [-0.25, -0.2) is 0 Å². The van der Waals surface area contributed by atoms with E-state index in [1.54, 1.807) is 0 Å². The highest BCUT2D eigenvalue weighted by atomic mass is 16.0. The molecule has 0 aliphatic heterocycles. The highest BCUT2D eigenvalue weighted by Gasteiger charge is 1.88. The van der Waals surface area contributed by atoms with Crippen molar-refractivity contribution < 1.29 is 5.48 Å². The van der Waals surface area contributed by atoms with Crippen LogP contribution in [0.4, 0.5) is 0 Å². The highest BCUT2D eigenvalue weighted by Crippen LogP contribution is 2.08. The fourth-order valence-electron chi connectivity index (χ4n) is 0.937. The number of allylic oxidation sites excluding steroid dienone is 2. The predicted molar refractivity (Wildman–Crippen MR) is 40.9 cm³/mol. The Morgan fingerprint density at radius 2 is 1.22 bits per heavy atom. The van der Waals surface area contributed by atoms with Crippen molar-refractivity contribution in [2.75, 3.05) is 0 Å². The van der Waals surface area contributed by atoms with Crippen molar-refractivity contribution in [2.45, 2.75) is 32.1 Å². The molecule has 2 nitrogen and oxygen atoms in total. The SMILES string of the molecule is C1=CCCCCC1.N.O. The van der Waals surface area contributed by atoms with Crippen molar-refractivity contribution in [3.63, 3.8) is 0 Å². The van der Waals surface area contributed by atoms with E-state index < -0.39 is 0 Å². The molecule has 0 aromatic heterocycles. The molecule has 2 heteroatoms. The van der Waals surface area contributed by atoms with Gasteiger partial charge in [-0.3, -0.25) is 0 Å². The lowest BCUT2D eigenvalue weighted by Crippen LogP contribution is -1.67. The topological polar surface area (TPSA) is 66.5 Å². The molecule has 0 spiro atoms. The number of rotatable bonds is 0. The Labute approximate surface area is 56.8 Å². The summed E-state index contributed by atoms with van der Waals surface area (Å²) in [4.78, 5) is 0. The summed E-state index contributed by atoms with van der Waals surface area (Å²) < 4.78 is 0. The average Bonchev–Trinajstić information content (AvgIpc) is 1.90. The van der Waals surface area contributed by atoms with Crippen LogP contribution in [0.1, 0.15) is 32.1 Å². The summed E-state index contributed by atoms with van der Waals surface area (Å²) in [5.41, 5.74) is 0. The summed E-state index contributed by atoms with van der Waals surface area (Å²) in [6.07, 6.45) is 11.5. The first kappa shape index (κ1) is 11.5. The zero-order valence-electron chi connectivity index (χ0n) is 5.90. The summed E-state index contributed by atoms with van der Waals surface area (Å²) in [5.74, 6) is 0. The monoisotopic (exact) mass is 131 g/mol. The summed E-state index contributed by atoms with van der Waals surface area (Å²) in [7, 11) is 0. The van der Waals surface area contributed by atoms with E-state index in [9.17, 15) is 0 Å². The molecule has 0 saturated heterocycles. The molecule has 1 rings (SSSR count). The number of hydrogen-bond donors (Lipinski definition) is 1. The van der Waals surface area contributed by atoms with Crippen LogP contribution in [0.2, 0.25) is 0 Å². The van der Waals surface area contributed by atoms with E-state index in [-0.39, 0.29) is 11.6 Å². The van der Waals surface area contributed by atoms with Crippen LogP contribution in [0.3, 0.4) is 0 Å². The third-order valence-electron chi connectivity index (χ3n) is 1.41. The largest absolute Gasteiger partial charge is 0.412 e. The maximum Gasteiger partial charge on any atom is -0.0351 e. The van der Waals surface area contributed by atoms with Gasteiger partial charge in [0.25, 0.3) is 0 Å². The van der Waals surface area contributed by atoms with E-state index >= 15 is 0 Å². The lowest BCUT2D eigenvalue weighted by atomic mass is 10.2. The zero-order chi connectivity index (χ0) is 4.95. The minimum atomic E-state index is 0. The van der Waals surface area contributed by atoms with Crippen molar-refractivity contribution in [3.8, 4) is 0 Å². The van der Waals surface area contributed by atoms with Crippen molar-refractivity contribution in [3.05, 3.63) is 12.2 Å². The van der Waals surface area contributed by atoms with E-state index in [0.717, 1.165) is 0 Å². The Bertz CT molecular complexity index is 63.3. The molecule has 0 saturated carbocycles. The van der Waals surface area contributed by atoms with Crippen molar-refractivity contribution >= 4 is 0 Å². The summed E-state index contributed by atoms with van der Waals surface area (Å²) in [6.45, 7) is 0. The Kier molecular flexibility index (Phi) is 9.75. The molecule has 56 valence electrons. The van der Waals surface area contributed by atoms with E-state index in [0.29, 0.717) is 0 Å². The van der Waals surface area contributed by atoms with Crippen molar-refractivity contribution in [1.29, 1.82) is 0 Å². The fraction of sp³-hybridized carbons (Fsp3) is 0.714. The Hall–Kier alpha value is -0.340. The molecule has 0 amide bonds. The molecular weight excluding hydrogens is 114 g/mol. The van der Waals surface area contributed by atoms with Gasteiger partial charge in [-0.2, -0.15) is 0 Å². The lowest BCUT2D eigenvalue weighted by molar-refractivity contribution is 0.718. The minimum Gasteiger partial charge on any atom is -0.412 e. The third-order valence-corrected chi connectivity index (χ3v) is 1.41. The van der Waals surface area contributed by atoms with Crippen LogP contribution in [-0.4, -0.2) is 5.48 Å². The van der Waals surface area contributed by atoms with Gasteiger partial charge in [-0.15, -0.1) is 0 Å². The molecule has 0 aromatic carbocycles. The molecule has 0 atom stereocenters. The normalized spacial score (nSPS) is 16.9. The molecule has 9 heavy (non-hydrogen) atoms. The molecule has 1 aliphatic carbocycles. The van der Waals surface area contributed by atoms with Gasteiger partial charge in [0, 0.05) is 0 Å². The third kappa shape index (κ3) is 5.53. The summed E-state index contributed by atoms with van der Waals surface area (Å²) in [5, 5.41) is 0. The Morgan fingerprint density at radius 1 is 0.778 bits per heavy atom. The van der Waals surface area contributed by atoms with Gasteiger partial charge in [-0.05, 0) is 25.7 Å². The molecule has 0 fully saturated rings.